The molecule has 0 aliphatic rings. The van der Waals surface area contributed by atoms with Gasteiger partial charge in [0.25, 0.3) is 0 Å². The minimum Gasteiger partial charge on any atom is -0.396 e. The summed E-state index contributed by atoms with van der Waals surface area (Å²) < 4.78 is 39.5. The third-order valence-corrected chi connectivity index (χ3v) is 2.34. The third-order valence-electron chi connectivity index (χ3n) is 1.51. The number of halogens is 4. The molecule has 1 aromatic heterocycles. The number of nitrogens with two attached hydrogens (primary N) is 2. The van der Waals surface area contributed by atoms with Gasteiger partial charge in [0.05, 0.1) is 5.69 Å². The zero-order valence-corrected chi connectivity index (χ0v) is 9.46. The van der Waals surface area contributed by atoms with Gasteiger partial charge in [0.1, 0.15) is 3.70 Å². The summed E-state index contributed by atoms with van der Waals surface area (Å²) >= 11 is 1.71. The summed E-state index contributed by atoms with van der Waals surface area (Å²) in [6, 6.07) is 1.07. The molecule has 1 aromatic rings. The molecule has 0 atom stereocenters. The van der Waals surface area contributed by atoms with Crippen LogP contribution in [0.1, 0.15) is 5.56 Å². The Bertz CT molecular complexity index is 369. The maximum Gasteiger partial charge on any atom is 0.574 e. The second kappa shape index (κ2) is 4.39. The van der Waals surface area contributed by atoms with Crippen LogP contribution < -0.4 is 16.2 Å². The van der Waals surface area contributed by atoms with Crippen molar-refractivity contribution in [2.75, 3.05) is 5.73 Å². The number of anilines is 1. The number of pyridine rings is 1. The van der Waals surface area contributed by atoms with E-state index in [1.54, 1.807) is 22.6 Å². The first-order chi connectivity index (χ1) is 6.83. The highest BCUT2D eigenvalue weighted by atomic mass is 127. The number of ether oxygens (including phenoxy) is 1. The van der Waals surface area contributed by atoms with Crippen molar-refractivity contribution in [2.24, 2.45) is 5.73 Å². The fourth-order valence-corrected chi connectivity index (χ4v) is 1.47. The molecule has 8 heteroatoms. The summed E-state index contributed by atoms with van der Waals surface area (Å²) in [7, 11) is 0. The Morgan fingerprint density at radius 1 is 1.47 bits per heavy atom. The van der Waals surface area contributed by atoms with Crippen LogP contribution >= 0.6 is 22.6 Å². The number of hydrogen-bond acceptors (Lipinski definition) is 4. The molecule has 0 radical (unpaired) electrons. The lowest BCUT2D eigenvalue weighted by Gasteiger charge is -2.11. The lowest BCUT2D eigenvalue weighted by atomic mass is 10.2. The molecule has 0 saturated carbocycles. The van der Waals surface area contributed by atoms with Gasteiger partial charge in [-0.3, -0.25) is 0 Å². The summed E-state index contributed by atoms with van der Waals surface area (Å²) in [6.07, 6.45) is -4.77. The highest BCUT2D eigenvalue weighted by Gasteiger charge is 2.32. The van der Waals surface area contributed by atoms with E-state index in [-0.39, 0.29) is 15.9 Å². The molecule has 84 valence electrons. The zero-order valence-electron chi connectivity index (χ0n) is 7.31. The van der Waals surface area contributed by atoms with Crippen LogP contribution in [0.3, 0.4) is 0 Å². The van der Waals surface area contributed by atoms with Gasteiger partial charge in [-0.1, -0.05) is 0 Å². The van der Waals surface area contributed by atoms with E-state index in [1.807, 2.05) is 0 Å². The van der Waals surface area contributed by atoms with Crippen molar-refractivity contribution in [3.05, 3.63) is 15.3 Å². The van der Waals surface area contributed by atoms with Crippen LogP contribution in [0.5, 0.6) is 5.88 Å². The Labute approximate surface area is 96.9 Å². The molecule has 4 N–H and O–H groups in total. The van der Waals surface area contributed by atoms with E-state index in [1.165, 1.54) is 0 Å². The predicted molar refractivity (Wildman–Crippen MR) is 55.9 cm³/mol. The summed E-state index contributed by atoms with van der Waals surface area (Å²) in [4.78, 5) is 3.53. The van der Waals surface area contributed by atoms with Crippen LogP contribution in [0.4, 0.5) is 18.9 Å². The van der Waals surface area contributed by atoms with Crippen LogP contribution in [-0.4, -0.2) is 11.3 Å². The van der Waals surface area contributed by atoms with Crippen LogP contribution in [0.15, 0.2) is 6.07 Å². The fraction of sp³-hybridized carbons (Fsp3) is 0.286. The van der Waals surface area contributed by atoms with Crippen molar-refractivity contribution >= 4 is 28.3 Å². The van der Waals surface area contributed by atoms with Gasteiger partial charge in [0.15, 0.2) is 0 Å². The molecule has 0 aromatic carbocycles. The summed E-state index contributed by atoms with van der Waals surface area (Å²) in [5.74, 6) is -0.554. The quantitative estimate of drug-likeness (QED) is 0.637. The van der Waals surface area contributed by atoms with Gasteiger partial charge in [0, 0.05) is 12.6 Å². The van der Waals surface area contributed by atoms with E-state index in [4.69, 9.17) is 11.5 Å². The molecule has 0 spiro atoms. The molecule has 0 amide bonds. The molecule has 4 nitrogen and oxygen atoms in total. The van der Waals surface area contributed by atoms with Gasteiger partial charge >= 0.3 is 6.36 Å². The van der Waals surface area contributed by atoms with Crippen molar-refractivity contribution < 1.29 is 17.9 Å². The maximum absolute atomic E-state index is 11.9. The Balaban J connectivity index is 3.06. The molecular weight excluding hydrogens is 326 g/mol. The number of aromatic nitrogens is 1. The van der Waals surface area contributed by atoms with Crippen molar-refractivity contribution in [3.8, 4) is 5.88 Å². The van der Waals surface area contributed by atoms with E-state index >= 15 is 0 Å². The summed E-state index contributed by atoms with van der Waals surface area (Å²) in [6.45, 7) is 0.0264. The van der Waals surface area contributed by atoms with Crippen molar-refractivity contribution in [1.82, 2.24) is 4.98 Å². The first kappa shape index (κ1) is 12.3. The van der Waals surface area contributed by atoms with E-state index < -0.39 is 12.2 Å². The molecule has 0 aliphatic heterocycles. The normalized spacial score (nSPS) is 11.5. The Kier molecular flexibility index (Phi) is 3.60. The monoisotopic (exact) mass is 333 g/mol. The van der Waals surface area contributed by atoms with Crippen LogP contribution in [0.2, 0.25) is 0 Å². The van der Waals surface area contributed by atoms with Crippen LogP contribution in [0.25, 0.3) is 0 Å². The van der Waals surface area contributed by atoms with E-state index in [2.05, 4.69) is 9.72 Å². The van der Waals surface area contributed by atoms with Gasteiger partial charge in [0.2, 0.25) is 5.88 Å². The largest absolute Gasteiger partial charge is 0.574 e. The Morgan fingerprint density at radius 3 is 2.53 bits per heavy atom. The van der Waals surface area contributed by atoms with Gasteiger partial charge in [-0.2, -0.15) is 0 Å². The van der Waals surface area contributed by atoms with Crippen molar-refractivity contribution in [2.45, 2.75) is 12.9 Å². The predicted octanol–water partition coefficient (Wildman–Crippen LogP) is 1.63. The highest BCUT2D eigenvalue weighted by Crippen LogP contribution is 2.26. The number of alkyl halides is 3. The number of rotatable bonds is 2. The summed E-state index contributed by atoms with van der Waals surface area (Å²) in [5.41, 5.74) is 11.5. The summed E-state index contributed by atoms with van der Waals surface area (Å²) in [5, 5.41) is 0. The molecule has 0 saturated heterocycles. The number of nitrogen functional groups attached to an aromatic ring is 1. The van der Waals surface area contributed by atoms with Gasteiger partial charge in [-0.15, -0.1) is 13.2 Å². The average molecular weight is 333 g/mol. The Hall–Kier alpha value is -0.770. The van der Waals surface area contributed by atoms with Crippen LogP contribution in [0, 0.1) is 3.70 Å². The van der Waals surface area contributed by atoms with Crippen LogP contribution in [-0.2, 0) is 6.54 Å². The number of hydrogen-bond donors (Lipinski definition) is 2. The molecule has 0 aliphatic carbocycles. The molecule has 1 rings (SSSR count). The average Bonchev–Trinajstić information content (AvgIpc) is 2.08. The molecule has 0 fully saturated rings. The second-order valence-corrected chi connectivity index (χ2v) is 3.60. The third kappa shape index (κ3) is 3.38. The molecule has 1 heterocycles. The lowest BCUT2D eigenvalue weighted by Crippen LogP contribution is -2.19. The first-order valence-corrected chi connectivity index (χ1v) is 4.82. The standard InChI is InChI=1S/C7H7F3IN3O/c8-7(9,10)15-4-1-3(2-12)5(13)6(11)14-4/h1H,2,12-13H2. The van der Waals surface area contributed by atoms with E-state index in [0.29, 0.717) is 5.56 Å². The molecule has 15 heavy (non-hydrogen) atoms. The molecule has 0 unspecified atom stereocenters. The first-order valence-electron chi connectivity index (χ1n) is 3.74. The SMILES string of the molecule is NCc1cc(OC(F)(F)F)nc(I)c1N. The maximum atomic E-state index is 11.9. The second-order valence-electron chi connectivity index (χ2n) is 2.58. The highest BCUT2D eigenvalue weighted by molar-refractivity contribution is 14.1. The van der Waals surface area contributed by atoms with E-state index in [9.17, 15) is 13.2 Å². The molecular formula is C7H7F3IN3O. The fourth-order valence-electron chi connectivity index (χ4n) is 0.888. The van der Waals surface area contributed by atoms with Gasteiger partial charge < -0.3 is 16.2 Å². The number of nitrogens with zero attached hydrogens (tertiary/aromatic N) is 1. The lowest BCUT2D eigenvalue weighted by molar-refractivity contribution is -0.276. The van der Waals surface area contributed by atoms with Crippen molar-refractivity contribution in [1.29, 1.82) is 0 Å². The minimum atomic E-state index is -4.77. The smallest absolute Gasteiger partial charge is 0.396 e. The van der Waals surface area contributed by atoms with E-state index in [0.717, 1.165) is 6.07 Å². The Morgan fingerprint density at radius 2 is 2.07 bits per heavy atom. The minimum absolute atomic E-state index is 0.0264. The van der Waals surface area contributed by atoms with Crippen molar-refractivity contribution in [3.63, 3.8) is 0 Å². The topological polar surface area (TPSA) is 74.2 Å². The molecule has 0 bridgehead atoms. The zero-order chi connectivity index (χ0) is 11.6. The van der Waals surface area contributed by atoms with Gasteiger partial charge in [-0.05, 0) is 28.2 Å². The van der Waals surface area contributed by atoms with Gasteiger partial charge in [-0.25, -0.2) is 4.98 Å².